The molecule has 1 aromatic rings. The average Bonchev–Trinajstić information content (AvgIpc) is 2.50. The maximum Gasteiger partial charge on any atom is 0.407 e. The number of alkyl carbamates (subject to hydrolysis) is 1. The highest BCUT2D eigenvalue weighted by molar-refractivity contribution is 5.82. The zero-order valence-corrected chi connectivity index (χ0v) is 11.5. The van der Waals surface area contributed by atoms with Crippen molar-refractivity contribution in [2.45, 2.75) is 12.1 Å². The molecule has 1 aromatic carbocycles. The Morgan fingerprint density at radius 3 is 2.15 bits per heavy atom. The lowest BCUT2D eigenvalue weighted by Gasteiger charge is -2.21. The van der Waals surface area contributed by atoms with Crippen molar-refractivity contribution in [1.29, 1.82) is 0 Å². The first-order valence-electron chi connectivity index (χ1n) is 5.77. The lowest BCUT2D eigenvalue weighted by Crippen LogP contribution is -2.45. The lowest BCUT2D eigenvalue weighted by atomic mass is 10.0. The van der Waals surface area contributed by atoms with E-state index in [1.807, 2.05) is 0 Å². The van der Waals surface area contributed by atoms with Crippen LogP contribution in [0.1, 0.15) is 11.7 Å². The Kier molecular flexibility index (Phi) is 5.79. The maximum absolute atomic E-state index is 11.6. The minimum atomic E-state index is -1.27. The number of hydrogen-bond acceptors (Lipinski definition) is 6. The highest BCUT2D eigenvalue weighted by atomic mass is 16.5. The molecule has 7 heteroatoms. The molecule has 20 heavy (non-hydrogen) atoms. The molecule has 0 aliphatic carbocycles. The van der Waals surface area contributed by atoms with Crippen molar-refractivity contribution in [2.75, 3.05) is 21.3 Å². The van der Waals surface area contributed by atoms with Gasteiger partial charge in [0, 0.05) is 0 Å². The van der Waals surface area contributed by atoms with E-state index in [1.54, 1.807) is 24.3 Å². The Morgan fingerprint density at radius 1 is 1.10 bits per heavy atom. The fourth-order valence-corrected chi connectivity index (χ4v) is 1.57. The molecule has 1 rings (SSSR count). The quantitative estimate of drug-likeness (QED) is 0.770. The van der Waals surface area contributed by atoms with Crippen LogP contribution in [0.2, 0.25) is 0 Å². The Bertz CT molecular complexity index is 458. The van der Waals surface area contributed by atoms with E-state index in [0.717, 1.165) is 14.2 Å². The molecular weight excluding hydrogens is 266 g/mol. The largest absolute Gasteiger partial charge is 0.497 e. The van der Waals surface area contributed by atoms with Crippen molar-refractivity contribution >= 4 is 12.1 Å². The normalized spacial score (nSPS) is 13.0. The van der Waals surface area contributed by atoms with Crippen LogP contribution >= 0.6 is 0 Å². The Hall–Kier alpha value is -2.28. The van der Waals surface area contributed by atoms with Gasteiger partial charge >= 0.3 is 12.1 Å². The van der Waals surface area contributed by atoms with Gasteiger partial charge in [-0.2, -0.15) is 0 Å². The molecule has 7 nitrogen and oxygen atoms in total. The predicted octanol–water partition coefficient (Wildman–Crippen LogP) is 0.626. The molecule has 110 valence electrons. The third-order valence-electron chi connectivity index (χ3n) is 2.69. The second-order valence-electron chi connectivity index (χ2n) is 3.85. The molecule has 2 unspecified atom stereocenters. The van der Waals surface area contributed by atoms with Crippen molar-refractivity contribution in [2.24, 2.45) is 0 Å². The van der Waals surface area contributed by atoms with Crippen molar-refractivity contribution < 1.29 is 28.9 Å². The highest BCUT2D eigenvalue weighted by Gasteiger charge is 2.31. The number of carbonyl (C=O) groups excluding carboxylic acids is 2. The van der Waals surface area contributed by atoms with Crippen LogP contribution in [0.5, 0.6) is 5.75 Å². The zero-order chi connectivity index (χ0) is 15.1. The number of amides is 1. The summed E-state index contributed by atoms with van der Waals surface area (Å²) in [5.74, 6) is -0.171. The molecule has 2 atom stereocenters. The molecule has 0 radical (unpaired) electrons. The van der Waals surface area contributed by atoms with Crippen molar-refractivity contribution in [3.05, 3.63) is 29.8 Å². The van der Waals surface area contributed by atoms with Gasteiger partial charge in [-0.1, -0.05) is 12.1 Å². The lowest BCUT2D eigenvalue weighted by molar-refractivity contribution is -0.146. The number of benzene rings is 1. The summed E-state index contributed by atoms with van der Waals surface area (Å²) in [4.78, 5) is 22.8. The molecule has 0 aliphatic rings. The van der Waals surface area contributed by atoms with Gasteiger partial charge in [-0.25, -0.2) is 9.59 Å². The smallest absolute Gasteiger partial charge is 0.407 e. The topological polar surface area (TPSA) is 94.1 Å². The number of nitrogens with one attached hydrogen (secondary N) is 1. The molecule has 1 amide bonds. The summed E-state index contributed by atoms with van der Waals surface area (Å²) >= 11 is 0. The molecule has 0 spiro atoms. The molecule has 0 fully saturated rings. The summed E-state index contributed by atoms with van der Waals surface area (Å²) in [5, 5.41) is 12.4. The Balaban J connectivity index is 2.93. The second-order valence-corrected chi connectivity index (χ2v) is 3.85. The number of ether oxygens (including phenoxy) is 3. The van der Waals surface area contributed by atoms with Crippen LogP contribution in [-0.2, 0) is 14.3 Å². The van der Waals surface area contributed by atoms with Gasteiger partial charge in [0.05, 0.1) is 21.3 Å². The van der Waals surface area contributed by atoms with Crippen molar-refractivity contribution in [3.8, 4) is 5.75 Å². The van der Waals surface area contributed by atoms with Crippen LogP contribution in [0.3, 0.4) is 0 Å². The van der Waals surface area contributed by atoms with Crippen LogP contribution in [0.4, 0.5) is 4.79 Å². The fourth-order valence-electron chi connectivity index (χ4n) is 1.57. The summed E-state index contributed by atoms with van der Waals surface area (Å²) in [7, 11) is 3.83. The summed E-state index contributed by atoms with van der Waals surface area (Å²) in [6.45, 7) is 0. The third-order valence-corrected chi connectivity index (χ3v) is 2.69. The van der Waals surface area contributed by atoms with Gasteiger partial charge in [0.1, 0.15) is 11.9 Å². The van der Waals surface area contributed by atoms with Crippen LogP contribution < -0.4 is 10.1 Å². The number of hydrogen-bond donors (Lipinski definition) is 2. The summed E-state index contributed by atoms with van der Waals surface area (Å²) in [5.41, 5.74) is 0.428. The number of carbonyl (C=O) groups is 2. The average molecular weight is 283 g/mol. The molecule has 0 saturated heterocycles. The van der Waals surface area contributed by atoms with E-state index in [2.05, 4.69) is 14.8 Å². The summed E-state index contributed by atoms with van der Waals surface area (Å²) in [6, 6.07) is 5.16. The van der Waals surface area contributed by atoms with Crippen molar-refractivity contribution in [3.63, 3.8) is 0 Å². The Morgan fingerprint density at radius 2 is 1.70 bits per heavy atom. The molecule has 0 aliphatic heterocycles. The van der Waals surface area contributed by atoms with Crippen LogP contribution in [0.15, 0.2) is 24.3 Å². The standard InChI is InChI=1S/C13H17NO6/c1-18-9-6-4-8(5-7-9)11(15)10(12(16)19-2)14-13(17)20-3/h4-7,10-11,15H,1-3H3,(H,14,17). The number of methoxy groups -OCH3 is 3. The number of aliphatic hydroxyl groups is 1. The first-order valence-corrected chi connectivity index (χ1v) is 5.77. The summed E-state index contributed by atoms with van der Waals surface area (Å²) in [6.07, 6.45) is -2.11. The molecule has 0 bridgehead atoms. The van der Waals surface area contributed by atoms with Gasteiger partial charge in [-0.15, -0.1) is 0 Å². The molecule has 2 N–H and O–H groups in total. The van der Waals surface area contributed by atoms with E-state index >= 15 is 0 Å². The summed E-state index contributed by atoms with van der Waals surface area (Å²) < 4.78 is 14.0. The highest BCUT2D eigenvalue weighted by Crippen LogP contribution is 2.21. The van der Waals surface area contributed by atoms with Gasteiger partial charge in [0.2, 0.25) is 0 Å². The van der Waals surface area contributed by atoms with Gasteiger partial charge in [-0.3, -0.25) is 0 Å². The van der Waals surface area contributed by atoms with E-state index in [9.17, 15) is 14.7 Å². The van der Waals surface area contributed by atoms with Crippen LogP contribution in [-0.4, -0.2) is 44.5 Å². The number of aliphatic hydroxyl groups excluding tert-OH is 1. The molecule has 0 saturated carbocycles. The van der Waals surface area contributed by atoms with Crippen LogP contribution in [0, 0.1) is 0 Å². The zero-order valence-electron chi connectivity index (χ0n) is 11.5. The van der Waals surface area contributed by atoms with E-state index in [0.29, 0.717) is 11.3 Å². The predicted molar refractivity (Wildman–Crippen MR) is 69.3 cm³/mol. The van der Waals surface area contributed by atoms with Gasteiger partial charge in [0.15, 0.2) is 6.04 Å². The van der Waals surface area contributed by atoms with Gasteiger partial charge in [0.25, 0.3) is 0 Å². The van der Waals surface area contributed by atoms with Gasteiger partial charge < -0.3 is 24.6 Å². The van der Waals surface area contributed by atoms with E-state index < -0.39 is 24.2 Å². The van der Waals surface area contributed by atoms with E-state index in [-0.39, 0.29) is 0 Å². The monoisotopic (exact) mass is 283 g/mol. The van der Waals surface area contributed by atoms with E-state index in [1.165, 1.54) is 7.11 Å². The first kappa shape index (κ1) is 15.8. The minimum Gasteiger partial charge on any atom is -0.497 e. The fraction of sp³-hybridized carbons (Fsp3) is 0.385. The molecular formula is C13H17NO6. The minimum absolute atomic E-state index is 0.428. The molecule has 0 aromatic heterocycles. The van der Waals surface area contributed by atoms with Gasteiger partial charge in [-0.05, 0) is 17.7 Å². The van der Waals surface area contributed by atoms with E-state index in [4.69, 9.17) is 4.74 Å². The van der Waals surface area contributed by atoms with Crippen molar-refractivity contribution in [1.82, 2.24) is 5.32 Å². The second kappa shape index (κ2) is 7.34. The molecule has 0 heterocycles. The number of rotatable bonds is 5. The van der Waals surface area contributed by atoms with Crippen LogP contribution in [0.25, 0.3) is 0 Å². The first-order chi connectivity index (χ1) is 9.53. The third kappa shape index (κ3) is 3.86. The Labute approximate surface area is 116 Å². The number of esters is 1. The SMILES string of the molecule is COC(=O)NC(C(=O)OC)C(O)c1ccc(OC)cc1. The maximum atomic E-state index is 11.6.